The highest BCUT2D eigenvalue weighted by Gasteiger charge is 2.52. The first-order chi connectivity index (χ1) is 12.2. The van der Waals surface area contributed by atoms with Crippen LogP contribution in [0.5, 0.6) is 5.75 Å². The van der Waals surface area contributed by atoms with Crippen LogP contribution in [-0.4, -0.2) is 24.0 Å². The van der Waals surface area contributed by atoms with Gasteiger partial charge in [0, 0.05) is 6.04 Å². The van der Waals surface area contributed by atoms with Crippen LogP contribution < -0.4 is 15.5 Å². The Morgan fingerprint density at radius 2 is 2.12 bits per heavy atom. The lowest BCUT2D eigenvalue weighted by Gasteiger charge is -2.32. The summed E-state index contributed by atoms with van der Waals surface area (Å²) >= 11 is 5.42. The summed E-state index contributed by atoms with van der Waals surface area (Å²) in [4.78, 5) is 0. The average Bonchev–Trinajstić information content (AvgIpc) is 3.29. The standard InChI is InChI=1S/C20H25N3OS/c1-2-24-15-8-6-13(7-9-15)12-21-23-20(25)22-19-11-14-10-18(19)17-5-3-4-16(14)17/h3,5-9,12,14,16-19H,2,4,10-11H2,1H3,(H2,22,23,25)/b21-12-/t14-,16-,17+,18-,19+/m1/s1. The fourth-order valence-electron chi connectivity index (χ4n) is 4.89. The minimum atomic E-state index is 0.495. The van der Waals surface area contributed by atoms with E-state index in [-0.39, 0.29) is 0 Å². The van der Waals surface area contributed by atoms with Gasteiger partial charge in [-0.3, -0.25) is 5.43 Å². The molecule has 2 fully saturated rings. The summed E-state index contributed by atoms with van der Waals surface area (Å²) in [5, 5.41) is 8.37. The molecule has 0 heterocycles. The van der Waals surface area contributed by atoms with Crippen molar-refractivity contribution in [3.05, 3.63) is 42.0 Å². The highest BCUT2D eigenvalue weighted by atomic mass is 32.1. The third-order valence-electron chi connectivity index (χ3n) is 5.90. The highest BCUT2D eigenvalue weighted by Crippen LogP contribution is 2.56. The van der Waals surface area contributed by atoms with Crippen molar-refractivity contribution in [1.29, 1.82) is 0 Å². The minimum absolute atomic E-state index is 0.495. The first-order valence-corrected chi connectivity index (χ1v) is 9.64. The molecule has 0 saturated heterocycles. The van der Waals surface area contributed by atoms with Gasteiger partial charge in [-0.2, -0.15) is 5.10 Å². The second-order valence-corrected chi connectivity index (χ2v) is 7.66. The normalized spacial score (nSPS) is 32.1. The van der Waals surface area contributed by atoms with Crippen molar-refractivity contribution in [1.82, 2.24) is 10.7 Å². The molecule has 5 heteroatoms. The topological polar surface area (TPSA) is 45.6 Å². The second-order valence-electron chi connectivity index (χ2n) is 7.25. The van der Waals surface area contributed by atoms with Crippen molar-refractivity contribution >= 4 is 23.5 Å². The maximum absolute atomic E-state index is 5.44. The molecule has 0 amide bonds. The number of rotatable bonds is 5. The molecular weight excluding hydrogens is 330 g/mol. The SMILES string of the molecule is CCOc1ccc(/C=N\NC(=S)N[C@H]2C[C@H]3C[C@@H]2[C@H]2C=CC[C@H]32)cc1. The molecule has 0 spiro atoms. The van der Waals surface area contributed by atoms with E-state index in [0.29, 0.717) is 17.8 Å². The molecule has 2 saturated carbocycles. The quantitative estimate of drug-likeness (QED) is 0.367. The van der Waals surface area contributed by atoms with Crippen LogP contribution >= 0.6 is 12.2 Å². The zero-order valence-electron chi connectivity index (χ0n) is 14.5. The Labute approximate surface area is 154 Å². The summed E-state index contributed by atoms with van der Waals surface area (Å²) in [7, 11) is 0. The molecule has 4 nitrogen and oxygen atoms in total. The van der Waals surface area contributed by atoms with Crippen molar-refractivity contribution in [2.45, 2.75) is 32.2 Å². The molecule has 3 aliphatic carbocycles. The molecule has 5 atom stereocenters. The third-order valence-corrected chi connectivity index (χ3v) is 6.11. The summed E-state index contributed by atoms with van der Waals surface area (Å²) in [6, 6.07) is 8.35. The van der Waals surface area contributed by atoms with Crippen molar-refractivity contribution in [3.8, 4) is 5.75 Å². The van der Waals surface area contributed by atoms with E-state index >= 15 is 0 Å². The lowest BCUT2D eigenvalue weighted by molar-refractivity contribution is 0.246. The van der Waals surface area contributed by atoms with E-state index in [2.05, 4.69) is 28.0 Å². The molecule has 1 aromatic rings. The summed E-state index contributed by atoms with van der Waals surface area (Å²) in [5.41, 5.74) is 3.97. The molecule has 0 aromatic heterocycles. The van der Waals surface area contributed by atoms with Gasteiger partial charge in [0.1, 0.15) is 5.75 Å². The van der Waals surface area contributed by atoms with E-state index in [0.717, 1.165) is 35.0 Å². The lowest BCUT2D eigenvalue weighted by atomic mass is 9.79. The number of nitrogens with one attached hydrogen (secondary N) is 2. The molecule has 3 aliphatic rings. The molecule has 0 unspecified atom stereocenters. The summed E-state index contributed by atoms with van der Waals surface area (Å²) < 4.78 is 5.44. The number of hydrazone groups is 1. The maximum atomic E-state index is 5.44. The number of thiocarbonyl (C=S) groups is 1. The number of hydrogen-bond acceptors (Lipinski definition) is 3. The lowest BCUT2D eigenvalue weighted by Crippen LogP contribution is -2.45. The van der Waals surface area contributed by atoms with Crippen LogP contribution in [0.1, 0.15) is 31.7 Å². The van der Waals surface area contributed by atoms with Gasteiger partial charge in [-0.05, 0) is 91.9 Å². The van der Waals surface area contributed by atoms with Gasteiger partial charge >= 0.3 is 0 Å². The molecule has 25 heavy (non-hydrogen) atoms. The Morgan fingerprint density at radius 1 is 1.28 bits per heavy atom. The first-order valence-electron chi connectivity index (χ1n) is 9.23. The Kier molecular flexibility index (Phi) is 4.75. The Balaban J connectivity index is 1.26. The third kappa shape index (κ3) is 3.43. The largest absolute Gasteiger partial charge is 0.494 e. The van der Waals surface area contributed by atoms with Crippen LogP contribution in [0.4, 0.5) is 0 Å². The number of allylic oxidation sites excluding steroid dienone is 2. The molecule has 0 radical (unpaired) electrons. The van der Waals surface area contributed by atoms with Gasteiger partial charge in [-0.25, -0.2) is 0 Å². The minimum Gasteiger partial charge on any atom is -0.494 e. The Hall–Kier alpha value is -1.88. The van der Waals surface area contributed by atoms with Crippen LogP contribution in [-0.2, 0) is 0 Å². The zero-order chi connectivity index (χ0) is 17.2. The maximum Gasteiger partial charge on any atom is 0.187 e. The van der Waals surface area contributed by atoms with Crippen LogP contribution in [0.2, 0.25) is 0 Å². The second kappa shape index (κ2) is 7.16. The van der Waals surface area contributed by atoms with Crippen molar-refractivity contribution in [3.63, 3.8) is 0 Å². The summed E-state index contributed by atoms with van der Waals surface area (Å²) in [6.45, 7) is 2.65. The average molecular weight is 356 g/mol. The molecular formula is C20H25N3OS. The van der Waals surface area contributed by atoms with E-state index in [1.165, 1.54) is 19.3 Å². The van der Waals surface area contributed by atoms with Crippen LogP contribution in [0.15, 0.2) is 41.5 Å². The van der Waals surface area contributed by atoms with Gasteiger partial charge < -0.3 is 10.1 Å². The molecule has 1 aromatic carbocycles. The molecule has 4 rings (SSSR count). The van der Waals surface area contributed by atoms with E-state index < -0.39 is 0 Å². The van der Waals surface area contributed by atoms with Gasteiger partial charge in [-0.15, -0.1) is 0 Å². The van der Waals surface area contributed by atoms with Crippen LogP contribution in [0.3, 0.4) is 0 Å². The Morgan fingerprint density at radius 3 is 2.92 bits per heavy atom. The molecule has 132 valence electrons. The zero-order valence-corrected chi connectivity index (χ0v) is 15.3. The first kappa shape index (κ1) is 16.6. The molecule has 0 aliphatic heterocycles. The monoisotopic (exact) mass is 355 g/mol. The van der Waals surface area contributed by atoms with Crippen LogP contribution in [0.25, 0.3) is 0 Å². The molecule has 2 bridgehead atoms. The summed E-state index contributed by atoms with van der Waals surface area (Å²) in [5.74, 6) is 4.16. The van der Waals surface area contributed by atoms with Crippen molar-refractivity contribution in [2.75, 3.05) is 6.61 Å². The van der Waals surface area contributed by atoms with E-state index in [9.17, 15) is 0 Å². The number of fused-ring (bicyclic) bond motifs is 5. The van der Waals surface area contributed by atoms with Gasteiger partial charge in [0.2, 0.25) is 0 Å². The highest BCUT2D eigenvalue weighted by molar-refractivity contribution is 7.80. The van der Waals surface area contributed by atoms with E-state index in [1.807, 2.05) is 31.2 Å². The number of ether oxygens (including phenoxy) is 1. The van der Waals surface area contributed by atoms with Gasteiger partial charge in [0.15, 0.2) is 5.11 Å². The number of hydrogen-bond donors (Lipinski definition) is 2. The van der Waals surface area contributed by atoms with Crippen molar-refractivity contribution < 1.29 is 4.74 Å². The van der Waals surface area contributed by atoms with E-state index in [4.69, 9.17) is 17.0 Å². The van der Waals surface area contributed by atoms with Crippen LogP contribution in [0, 0.1) is 23.7 Å². The van der Waals surface area contributed by atoms with Gasteiger partial charge in [-0.1, -0.05) is 12.2 Å². The van der Waals surface area contributed by atoms with E-state index in [1.54, 1.807) is 6.21 Å². The van der Waals surface area contributed by atoms with Crippen molar-refractivity contribution in [2.24, 2.45) is 28.8 Å². The fraction of sp³-hybridized carbons (Fsp3) is 0.500. The smallest absolute Gasteiger partial charge is 0.187 e. The number of nitrogens with zero attached hydrogens (tertiary/aromatic N) is 1. The Bertz CT molecular complexity index is 685. The number of benzene rings is 1. The fourth-order valence-corrected chi connectivity index (χ4v) is 5.10. The predicted octanol–water partition coefficient (Wildman–Crippen LogP) is 3.48. The van der Waals surface area contributed by atoms with Gasteiger partial charge in [0.25, 0.3) is 0 Å². The predicted molar refractivity (Wildman–Crippen MR) is 105 cm³/mol. The summed E-state index contributed by atoms with van der Waals surface area (Å²) in [6.07, 6.45) is 10.5. The molecule has 2 N–H and O–H groups in total. The van der Waals surface area contributed by atoms with Gasteiger partial charge in [0.05, 0.1) is 12.8 Å².